The number of para-hydroxylation sites is 1. The second-order valence-electron chi connectivity index (χ2n) is 5.02. The Hall–Kier alpha value is -1.06. The number of rotatable bonds is 11. The quantitative estimate of drug-likeness (QED) is 0.629. The van der Waals surface area contributed by atoms with Crippen LogP contribution in [0.1, 0.15) is 32.3 Å². The van der Waals surface area contributed by atoms with Gasteiger partial charge in [-0.25, -0.2) is 0 Å². The van der Waals surface area contributed by atoms with Gasteiger partial charge in [0.05, 0.1) is 0 Å². The van der Waals surface area contributed by atoms with E-state index in [2.05, 4.69) is 48.3 Å². The Kier molecular flexibility index (Phi) is 9.09. The summed E-state index contributed by atoms with van der Waals surface area (Å²) in [6, 6.07) is 8.61. The molecular weight excluding hydrogens is 248 g/mol. The van der Waals surface area contributed by atoms with Gasteiger partial charge in [0.1, 0.15) is 0 Å². The molecule has 0 saturated heterocycles. The standard InChI is InChI=1S/C17H30N2O/c1-4-19(17-11-7-6-10-16(17)3)14-13-18-12-8-9-15-20-5-2/h6-7,10-11,18H,4-5,8-9,12-15H2,1-3H3. The molecule has 0 aromatic heterocycles. The van der Waals surface area contributed by atoms with E-state index >= 15 is 0 Å². The lowest BCUT2D eigenvalue weighted by atomic mass is 10.2. The van der Waals surface area contributed by atoms with Gasteiger partial charge < -0.3 is 15.0 Å². The van der Waals surface area contributed by atoms with Crippen LogP contribution in [0.5, 0.6) is 0 Å². The van der Waals surface area contributed by atoms with Gasteiger partial charge >= 0.3 is 0 Å². The molecule has 0 aliphatic heterocycles. The van der Waals surface area contributed by atoms with Crippen LogP contribution in [0, 0.1) is 6.92 Å². The lowest BCUT2D eigenvalue weighted by Gasteiger charge is -2.25. The van der Waals surface area contributed by atoms with Crippen molar-refractivity contribution in [2.45, 2.75) is 33.6 Å². The SMILES string of the molecule is CCOCCCCNCCN(CC)c1ccccc1C. The third-order valence-electron chi connectivity index (χ3n) is 3.49. The van der Waals surface area contributed by atoms with Gasteiger partial charge in [-0.1, -0.05) is 18.2 Å². The van der Waals surface area contributed by atoms with Crippen molar-refractivity contribution < 1.29 is 4.74 Å². The third kappa shape index (κ3) is 6.40. The monoisotopic (exact) mass is 278 g/mol. The zero-order chi connectivity index (χ0) is 14.6. The van der Waals surface area contributed by atoms with Crippen molar-refractivity contribution in [2.24, 2.45) is 0 Å². The van der Waals surface area contributed by atoms with Gasteiger partial charge in [-0.2, -0.15) is 0 Å². The number of nitrogens with zero attached hydrogens (tertiary/aromatic N) is 1. The summed E-state index contributed by atoms with van der Waals surface area (Å²) in [7, 11) is 0. The minimum absolute atomic E-state index is 0.829. The van der Waals surface area contributed by atoms with E-state index in [9.17, 15) is 0 Å². The molecule has 0 aliphatic carbocycles. The van der Waals surface area contributed by atoms with E-state index in [4.69, 9.17) is 4.74 Å². The Labute approximate surface area is 124 Å². The molecule has 0 spiro atoms. The molecule has 0 heterocycles. The topological polar surface area (TPSA) is 24.5 Å². The van der Waals surface area contributed by atoms with E-state index in [1.54, 1.807) is 0 Å². The molecule has 0 unspecified atom stereocenters. The first-order valence-electron chi connectivity index (χ1n) is 7.88. The van der Waals surface area contributed by atoms with Gasteiger partial charge in [0.15, 0.2) is 0 Å². The number of ether oxygens (including phenoxy) is 1. The highest BCUT2D eigenvalue weighted by molar-refractivity contribution is 5.52. The number of unbranched alkanes of at least 4 members (excludes halogenated alkanes) is 1. The highest BCUT2D eigenvalue weighted by Crippen LogP contribution is 2.18. The molecule has 20 heavy (non-hydrogen) atoms. The maximum Gasteiger partial charge on any atom is 0.0466 e. The summed E-state index contributed by atoms with van der Waals surface area (Å²) in [6.07, 6.45) is 2.34. The fourth-order valence-corrected chi connectivity index (χ4v) is 2.30. The second kappa shape index (κ2) is 10.7. The Bertz CT molecular complexity index is 355. The maximum atomic E-state index is 5.33. The van der Waals surface area contributed by atoms with Crippen LogP contribution in [0.25, 0.3) is 0 Å². The number of anilines is 1. The first kappa shape index (κ1) is 17.0. The number of nitrogens with one attached hydrogen (secondary N) is 1. The average molecular weight is 278 g/mol. The molecule has 1 N–H and O–H groups in total. The van der Waals surface area contributed by atoms with Crippen molar-refractivity contribution in [2.75, 3.05) is 44.3 Å². The Morgan fingerprint density at radius 2 is 1.90 bits per heavy atom. The maximum absolute atomic E-state index is 5.33. The van der Waals surface area contributed by atoms with Crippen LogP contribution in [0.3, 0.4) is 0 Å². The van der Waals surface area contributed by atoms with Gasteiger partial charge in [0.2, 0.25) is 0 Å². The molecular formula is C17H30N2O. The molecule has 1 rings (SSSR count). The summed E-state index contributed by atoms with van der Waals surface area (Å²) >= 11 is 0. The molecule has 0 amide bonds. The van der Waals surface area contributed by atoms with Gasteiger partial charge in [-0.15, -0.1) is 0 Å². The van der Waals surface area contributed by atoms with Crippen LogP contribution in [0.2, 0.25) is 0 Å². The number of benzene rings is 1. The van der Waals surface area contributed by atoms with Crippen LogP contribution in [0.15, 0.2) is 24.3 Å². The van der Waals surface area contributed by atoms with Gasteiger partial charge in [0.25, 0.3) is 0 Å². The van der Waals surface area contributed by atoms with E-state index in [1.807, 2.05) is 6.92 Å². The van der Waals surface area contributed by atoms with Crippen molar-refractivity contribution in [3.63, 3.8) is 0 Å². The third-order valence-corrected chi connectivity index (χ3v) is 3.49. The molecule has 0 radical (unpaired) electrons. The zero-order valence-corrected chi connectivity index (χ0v) is 13.3. The molecule has 0 atom stereocenters. The van der Waals surface area contributed by atoms with Crippen molar-refractivity contribution in [3.05, 3.63) is 29.8 Å². The predicted octanol–water partition coefficient (Wildman–Crippen LogP) is 3.23. The Morgan fingerprint density at radius 3 is 2.60 bits per heavy atom. The van der Waals surface area contributed by atoms with Crippen molar-refractivity contribution in [1.29, 1.82) is 0 Å². The average Bonchev–Trinajstić information content (AvgIpc) is 2.47. The van der Waals surface area contributed by atoms with Gasteiger partial charge in [-0.05, 0) is 51.8 Å². The first-order valence-corrected chi connectivity index (χ1v) is 7.88. The summed E-state index contributed by atoms with van der Waals surface area (Å²) in [6.45, 7) is 12.4. The molecule has 0 saturated carbocycles. The highest BCUT2D eigenvalue weighted by Gasteiger charge is 2.05. The molecule has 114 valence electrons. The largest absolute Gasteiger partial charge is 0.382 e. The molecule has 0 aliphatic rings. The number of aryl methyl sites for hydroxylation is 1. The molecule has 1 aromatic rings. The second-order valence-corrected chi connectivity index (χ2v) is 5.02. The summed E-state index contributed by atoms with van der Waals surface area (Å²) in [4.78, 5) is 2.43. The summed E-state index contributed by atoms with van der Waals surface area (Å²) in [5.41, 5.74) is 2.71. The van der Waals surface area contributed by atoms with E-state index in [1.165, 1.54) is 17.7 Å². The fourth-order valence-electron chi connectivity index (χ4n) is 2.30. The van der Waals surface area contributed by atoms with E-state index < -0.39 is 0 Å². The predicted molar refractivity (Wildman–Crippen MR) is 87.7 cm³/mol. The van der Waals surface area contributed by atoms with Crippen molar-refractivity contribution >= 4 is 5.69 Å². The molecule has 0 bridgehead atoms. The molecule has 1 aromatic carbocycles. The van der Waals surface area contributed by atoms with Crippen LogP contribution in [0.4, 0.5) is 5.69 Å². The number of likely N-dealkylation sites (N-methyl/N-ethyl adjacent to an activating group) is 1. The van der Waals surface area contributed by atoms with Crippen LogP contribution in [-0.2, 0) is 4.74 Å². The summed E-state index contributed by atoms with van der Waals surface area (Å²) < 4.78 is 5.33. The van der Waals surface area contributed by atoms with E-state index in [-0.39, 0.29) is 0 Å². The summed E-state index contributed by atoms with van der Waals surface area (Å²) in [5, 5.41) is 3.52. The normalized spacial score (nSPS) is 10.8. The van der Waals surface area contributed by atoms with Crippen LogP contribution < -0.4 is 10.2 Å². The zero-order valence-electron chi connectivity index (χ0n) is 13.3. The van der Waals surface area contributed by atoms with Crippen LogP contribution >= 0.6 is 0 Å². The summed E-state index contributed by atoms with van der Waals surface area (Å²) in [5.74, 6) is 0. The number of hydrogen-bond acceptors (Lipinski definition) is 3. The van der Waals surface area contributed by atoms with Crippen LogP contribution in [-0.4, -0.2) is 39.4 Å². The molecule has 3 heteroatoms. The van der Waals surface area contributed by atoms with Gasteiger partial charge in [-0.3, -0.25) is 0 Å². The van der Waals surface area contributed by atoms with E-state index in [0.29, 0.717) is 0 Å². The minimum Gasteiger partial charge on any atom is -0.382 e. The molecule has 0 fully saturated rings. The van der Waals surface area contributed by atoms with Gasteiger partial charge in [0, 0.05) is 38.5 Å². The number of hydrogen-bond donors (Lipinski definition) is 1. The van der Waals surface area contributed by atoms with Crippen molar-refractivity contribution in [3.8, 4) is 0 Å². The Morgan fingerprint density at radius 1 is 1.10 bits per heavy atom. The lowest BCUT2D eigenvalue weighted by molar-refractivity contribution is 0.143. The Balaban J connectivity index is 2.18. The highest BCUT2D eigenvalue weighted by atomic mass is 16.5. The van der Waals surface area contributed by atoms with Crippen molar-refractivity contribution in [1.82, 2.24) is 5.32 Å². The molecule has 3 nitrogen and oxygen atoms in total. The minimum atomic E-state index is 0.829. The van der Waals surface area contributed by atoms with E-state index in [0.717, 1.165) is 45.8 Å². The fraction of sp³-hybridized carbons (Fsp3) is 0.647. The first-order chi connectivity index (χ1) is 9.79. The smallest absolute Gasteiger partial charge is 0.0466 e. The lowest BCUT2D eigenvalue weighted by Crippen LogP contribution is -2.32.